The van der Waals surface area contributed by atoms with E-state index in [0.29, 0.717) is 11.0 Å². The van der Waals surface area contributed by atoms with Gasteiger partial charge in [0.1, 0.15) is 5.52 Å². The normalized spacial score (nSPS) is 9.44. The zero-order valence-corrected chi connectivity index (χ0v) is 9.65. The summed E-state index contributed by atoms with van der Waals surface area (Å²) in [6.07, 6.45) is 3.32. The van der Waals surface area contributed by atoms with Crippen LogP contribution >= 0.6 is 0 Å². The SMILES string of the molecule is CC.Cc1cnc2cnc(C(=N)N)nc2c1. The highest BCUT2D eigenvalue weighted by atomic mass is 14.9. The number of aryl methyl sites for hydroxylation is 1. The maximum Gasteiger partial charge on any atom is 0.195 e. The number of nitrogens with two attached hydrogens (primary N) is 1. The number of fused-ring (bicyclic) bond motifs is 1. The minimum Gasteiger partial charge on any atom is -0.381 e. The summed E-state index contributed by atoms with van der Waals surface area (Å²) in [5.41, 5.74) is 7.72. The Hall–Kier alpha value is -2.04. The van der Waals surface area contributed by atoms with E-state index in [0.717, 1.165) is 5.56 Å². The zero-order chi connectivity index (χ0) is 12.1. The van der Waals surface area contributed by atoms with E-state index in [9.17, 15) is 0 Å². The lowest BCUT2D eigenvalue weighted by molar-refractivity contribution is 1.14. The molecule has 0 aromatic carbocycles. The molecular formula is C11H15N5. The molecule has 0 amide bonds. The molecule has 0 bridgehead atoms. The third-order valence-electron chi connectivity index (χ3n) is 1.81. The molecular weight excluding hydrogens is 202 g/mol. The first-order chi connectivity index (χ1) is 7.66. The number of nitrogens with one attached hydrogen (secondary N) is 1. The van der Waals surface area contributed by atoms with E-state index in [-0.39, 0.29) is 11.7 Å². The van der Waals surface area contributed by atoms with Crippen LogP contribution in [0.2, 0.25) is 0 Å². The standard InChI is InChI=1S/C9H9N5.C2H6/c1-5-2-6-7(12-3-5)4-13-9(14-6)8(10)11;1-2/h2-4H,1H3,(H3,10,11);1-2H3. The molecule has 16 heavy (non-hydrogen) atoms. The smallest absolute Gasteiger partial charge is 0.195 e. The van der Waals surface area contributed by atoms with Crippen LogP contribution in [-0.2, 0) is 0 Å². The van der Waals surface area contributed by atoms with Crippen LogP contribution in [0.5, 0.6) is 0 Å². The molecule has 0 saturated heterocycles. The zero-order valence-electron chi connectivity index (χ0n) is 9.65. The second kappa shape index (κ2) is 5.16. The van der Waals surface area contributed by atoms with Crippen molar-refractivity contribution in [3.05, 3.63) is 29.8 Å². The summed E-state index contributed by atoms with van der Waals surface area (Å²) in [5.74, 6) is 0.110. The van der Waals surface area contributed by atoms with Gasteiger partial charge in [0.15, 0.2) is 11.7 Å². The Kier molecular flexibility index (Phi) is 3.88. The number of nitrogens with zero attached hydrogens (tertiary/aromatic N) is 3. The van der Waals surface area contributed by atoms with Crippen molar-refractivity contribution >= 4 is 16.9 Å². The maximum absolute atomic E-state index is 7.20. The summed E-state index contributed by atoms with van der Waals surface area (Å²) < 4.78 is 0. The Morgan fingerprint density at radius 3 is 2.50 bits per heavy atom. The van der Waals surface area contributed by atoms with Gasteiger partial charge >= 0.3 is 0 Å². The van der Waals surface area contributed by atoms with Crippen LogP contribution in [0.1, 0.15) is 25.2 Å². The lowest BCUT2D eigenvalue weighted by atomic mass is 10.3. The topological polar surface area (TPSA) is 88.5 Å². The van der Waals surface area contributed by atoms with Crippen molar-refractivity contribution < 1.29 is 0 Å². The lowest BCUT2D eigenvalue weighted by Gasteiger charge is -1.99. The summed E-state index contributed by atoms with van der Waals surface area (Å²) >= 11 is 0. The first-order valence-corrected chi connectivity index (χ1v) is 5.10. The first kappa shape index (κ1) is 12.0. The van der Waals surface area contributed by atoms with Gasteiger partial charge in [-0.25, -0.2) is 9.97 Å². The van der Waals surface area contributed by atoms with E-state index in [1.807, 2.05) is 26.8 Å². The molecule has 5 heteroatoms. The van der Waals surface area contributed by atoms with Crippen LogP contribution in [0, 0.1) is 12.3 Å². The second-order valence-corrected chi connectivity index (χ2v) is 3.02. The number of hydrogen-bond acceptors (Lipinski definition) is 4. The summed E-state index contributed by atoms with van der Waals surface area (Å²) in [7, 11) is 0. The highest BCUT2D eigenvalue weighted by Crippen LogP contribution is 2.08. The van der Waals surface area contributed by atoms with Crippen molar-refractivity contribution in [1.82, 2.24) is 15.0 Å². The number of amidine groups is 1. The Balaban J connectivity index is 0.000000606. The lowest BCUT2D eigenvalue weighted by Crippen LogP contribution is -2.15. The van der Waals surface area contributed by atoms with E-state index >= 15 is 0 Å². The van der Waals surface area contributed by atoms with Crippen LogP contribution in [0.25, 0.3) is 11.0 Å². The molecule has 0 atom stereocenters. The molecule has 2 aromatic heterocycles. The molecule has 0 aliphatic heterocycles. The van der Waals surface area contributed by atoms with Gasteiger partial charge in [-0.15, -0.1) is 0 Å². The molecule has 2 aromatic rings. The third kappa shape index (κ3) is 2.50. The van der Waals surface area contributed by atoms with Gasteiger partial charge in [-0.2, -0.15) is 0 Å². The Labute approximate surface area is 94.3 Å². The average Bonchev–Trinajstić information content (AvgIpc) is 2.30. The van der Waals surface area contributed by atoms with Gasteiger partial charge < -0.3 is 5.73 Å². The van der Waals surface area contributed by atoms with Crippen LogP contribution in [0.3, 0.4) is 0 Å². The van der Waals surface area contributed by atoms with Crippen molar-refractivity contribution in [3.8, 4) is 0 Å². The monoisotopic (exact) mass is 217 g/mol. The largest absolute Gasteiger partial charge is 0.381 e. The second-order valence-electron chi connectivity index (χ2n) is 3.02. The van der Waals surface area contributed by atoms with Crippen molar-refractivity contribution in [2.75, 3.05) is 0 Å². The minimum absolute atomic E-state index is 0.131. The molecule has 5 nitrogen and oxygen atoms in total. The Morgan fingerprint density at radius 2 is 1.88 bits per heavy atom. The third-order valence-corrected chi connectivity index (χ3v) is 1.81. The van der Waals surface area contributed by atoms with Gasteiger partial charge in [0, 0.05) is 6.20 Å². The van der Waals surface area contributed by atoms with Crippen molar-refractivity contribution in [3.63, 3.8) is 0 Å². The molecule has 2 rings (SSSR count). The summed E-state index contributed by atoms with van der Waals surface area (Å²) in [4.78, 5) is 12.2. The Bertz CT molecular complexity index is 507. The summed E-state index contributed by atoms with van der Waals surface area (Å²) in [6, 6.07) is 1.89. The van der Waals surface area contributed by atoms with E-state index in [1.165, 1.54) is 0 Å². The molecule has 0 saturated carbocycles. The summed E-state index contributed by atoms with van der Waals surface area (Å²) in [5, 5.41) is 7.20. The molecule has 0 radical (unpaired) electrons. The van der Waals surface area contributed by atoms with Crippen LogP contribution in [0.4, 0.5) is 0 Å². The molecule has 2 heterocycles. The number of hydrogen-bond donors (Lipinski definition) is 2. The quantitative estimate of drug-likeness (QED) is 0.561. The number of aromatic nitrogens is 3. The highest BCUT2D eigenvalue weighted by molar-refractivity contribution is 5.92. The molecule has 3 N–H and O–H groups in total. The minimum atomic E-state index is -0.131. The van der Waals surface area contributed by atoms with Crippen LogP contribution in [-0.4, -0.2) is 20.8 Å². The fourth-order valence-electron chi connectivity index (χ4n) is 1.15. The van der Waals surface area contributed by atoms with Crippen LogP contribution in [0.15, 0.2) is 18.5 Å². The summed E-state index contributed by atoms with van der Waals surface area (Å²) in [6.45, 7) is 5.93. The van der Waals surface area contributed by atoms with Crippen molar-refractivity contribution in [1.29, 1.82) is 5.41 Å². The molecule has 0 aliphatic carbocycles. The Morgan fingerprint density at radius 1 is 1.19 bits per heavy atom. The molecule has 0 unspecified atom stereocenters. The predicted octanol–water partition coefficient (Wildman–Crippen LogP) is 1.64. The van der Waals surface area contributed by atoms with E-state index < -0.39 is 0 Å². The molecule has 0 fully saturated rings. The van der Waals surface area contributed by atoms with Gasteiger partial charge in [0.25, 0.3) is 0 Å². The molecule has 84 valence electrons. The van der Waals surface area contributed by atoms with Gasteiger partial charge in [0.2, 0.25) is 0 Å². The van der Waals surface area contributed by atoms with Crippen molar-refractivity contribution in [2.45, 2.75) is 20.8 Å². The average molecular weight is 217 g/mol. The van der Waals surface area contributed by atoms with Gasteiger partial charge in [-0.3, -0.25) is 10.4 Å². The van der Waals surface area contributed by atoms with Crippen molar-refractivity contribution in [2.24, 2.45) is 5.73 Å². The fraction of sp³-hybridized carbons (Fsp3) is 0.273. The van der Waals surface area contributed by atoms with Gasteiger partial charge in [0.05, 0.1) is 11.7 Å². The van der Waals surface area contributed by atoms with Gasteiger partial charge in [-0.1, -0.05) is 13.8 Å². The first-order valence-electron chi connectivity index (χ1n) is 5.10. The molecule has 0 aliphatic rings. The molecule has 0 spiro atoms. The number of pyridine rings is 1. The fourth-order valence-corrected chi connectivity index (χ4v) is 1.15. The number of rotatable bonds is 1. The van der Waals surface area contributed by atoms with E-state index in [2.05, 4.69) is 15.0 Å². The van der Waals surface area contributed by atoms with E-state index in [4.69, 9.17) is 11.1 Å². The predicted molar refractivity (Wildman–Crippen MR) is 64.4 cm³/mol. The van der Waals surface area contributed by atoms with Gasteiger partial charge in [-0.05, 0) is 18.6 Å². The van der Waals surface area contributed by atoms with Crippen LogP contribution < -0.4 is 5.73 Å². The van der Waals surface area contributed by atoms with E-state index in [1.54, 1.807) is 12.4 Å². The maximum atomic E-state index is 7.20. The number of nitrogen functional groups attached to an aromatic ring is 1. The highest BCUT2D eigenvalue weighted by Gasteiger charge is 2.02.